The number of hydrogen-bond acceptors (Lipinski definition) is 2. The molecule has 0 saturated carbocycles. The Morgan fingerprint density at radius 1 is 1.05 bits per heavy atom. The average Bonchev–Trinajstić information content (AvgIpc) is 3.01. The van der Waals surface area contributed by atoms with Crippen LogP contribution in [-0.2, 0) is 6.54 Å². The van der Waals surface area contributed by atoms with E-state index in [1.165, 1.54) is 31.6 Å². The van der Waals surface area contributed by atoms with Crippen LogP contribution in [0.2, 0.25) is 5.02 Å². The van der Waals surface area contributed by atoms with Crippen molar-refractivity contribution < 1.29 is 0 Å². The van der Waals surface area contributed by atoms with Gasteiger partial charge in [-0.15, -0.1) is 0 Å². The molecular formula is C17H18BrClN2. The van der Waals surface area contributed by atoms with Gasteiger partial charge in [-0.05, 0) is 54.8 Å². The molecule has 0 amide bonds. The highest BCUT2D eigenvalue weighted by Crippen LogP contribution is 2.24. The van der Waals surface area contributed by atoms with E-state index in [0.717, 1.165) is 27.3 Å². The molecule has 1 aliphatic rings. The minimum atomic E-state index is 0.731. The first-order valence-corrected chi connectivity index (χ1v) is 8.42. The summed E-state index contributed by atoms with van der Waals surface area (Å²) in [5.74, 6) is 0. The van der Waals surface area contributed by atoms with E-state index in [1.54, 1.807) is 0 Å². The predicted octanol–water partition coefficient (Wildman–Crippen LogP) is 5.31. The molecule has 4 heteroatoms. The molecule has 0 aliphatic carbocycles. The SMILES string of the molecule is Clc1cc(Br)ccc1CNc1ccc(N2CCCC2)cc1. The first kappa shape index (κ1) is 14.7. The fraction of sp³-hybridized carbons (Fsp3) is 0.294. The summed E-state index contributed by atoms with van der Waals surface area (Å²) < 4.78 is 1.01. The van der Waals surface area contributed by atoms with Crippen molar-refractivity contribution in [2.75, 3.05) is 23.3 Å². The molecule has 0 radical (unpaired) electrons. The molecule has 1 N–H and O–H groups in total. The maximum Gasteiger partial charge on any atom is 0.0467 e. The Bertz CT molecular complexity index is 607. The van der Waals surface area contributed by atoms with E-state index in [-0.39, 0.29) is 0 Å². The lowest BCUT2D eigenvalue weighted by Gasteiger charge is -2.18. The number of nitrogens with one attached hydrogen (secondary N) is 1. The van der Waals surface area contributed by atoms with Crippen molar-refractivity contribution in [3.63, 3.8) is 0 Å². The van der Waals surface area contributed by atoms with Crippen LogP contribution in [0.1, 0.15) is 18.4 Å². The van der Waals surface area contributed by atoms with Crippen molar-refractivity contribution >= 4 is 38.9 Å². The predicted molar refractivity (Wildman–Crippen MR) is 94.4 cm³/mol. The zero-order chi connectivity index (χ0) is 14.7. The fourth-order valence-corrected chi connectivity index (χ4v) is 3.37. The van der Waals surface area contributed by atoms with Crippen LogP contribution in [0.15, 0.2) is 46.9 Å². The smallest absolute Gasteiger partial charge is 0.0467 e. The van der Waals surface area contributed by atoms with Crippen LogP contribution in [0.25, 0.3) is 0 Å². The maximum atomic E-state index is 6.23. The topological polar surface area (TPSA) is 15.3 Å². The van der Waals surface area contributed by atoms with E-state index in [0.29, 0.717) is 0 Å². The first-order chi connectivity index (χ1) is 10.2. The van der Waals surface area contributed by atoms with Crippen molar-refractivity contribution in [1.82, 2.24) is 0 Å². The molecule has 2 aromatic carbocycles. The van der Waals surface area contributed by atoms with Crippen LogP contribution >= 0.6 is 27.5 Å². The maximum absolute atomic E-state index is 6.23. The lowest BCUT2D eigenvalue weighted by Crippen LogP contribution is -2.17. The molecule has 110 valence electrons. The van der Waals surface area contributed by atoms with Gasteiger partial charge in [0, 0.05) is 40.5 Å². The molecule has 0 spiro atoms. The number of hydrogen-bond donors (Lipinski definition) is 1. The average molecular weight is 366 g/mol. The summed E-state index contributed by atoms with van der Waals surface area (Å²) in [6.45, 7) is 3.09. The molecule has 1 aliphatic heterocycles. The third-order valence-electron chi connectivity index (χ3n) is 3.84. The molecule has 1 saturated heterocycles. The van der Waals surface area contributed by atoms with Crippen LogP contribution in [0.5, 0.6) is 0 Å². The van der Waals surface area contributed by atoms with E-state index in [4.69, 9.17) is 11.6 Å². The van der Waals surface area contributed by atoms with Crippen LogP contribution in [0.3, 0.4) is 0 Å². The molecule has 0 bridgehead atoms. The second-order valence-electron chi connectivity index (χ2n) is 5.33. The monoisotopic (exact) mass is 364 g/mol. The Labute approximate surface area is 139 Å². The van der Waals surface area contributed by atoms with Gasteiger partial charge < -0.3 is 10.2 Å². The van der Waals surface area contributed by atoms with Crippen molar-refractivity contribution in [1.29, 1.82) is 0 Å². The van der Waals surface area contributed by atoms with E-state index >= 15 is 0 Å². The van der Waals surface area contributed by atoms with Gasteiger partial charge in [0.25, 0.3) is 0 Å². The van der Waals surface area contributed by atoms with Gasteiger partial charge in [0.05, 0.1) is 0 Å². The third-order valence-corrected chi connectivity index (χ3v) is 4.68. The van der Waals surface area contributed by atoms with E-state index in [1.807, 2.05) is 18.2 Å². The van der Waals surface area contributed by atoms with Gasteiger partial charge in [-0.2, -0.15) is 0 Å². The molecular weight excluding hydrogens is 348 g/mol. The molecule has 0 unspecified atom stereocenters. The van der Waals surface area contributed by atoms with E-state index in [9.17, 15) is 0 Å². The normalized spacial score (nSPS) is 14.5. The van der Waals surface area contributed by atoms with Crippen molar-refractivity contribution in [3.8, 4) is 0 Å². The minimum Gasteiger partial charge on any atom is -0.381 e. The highest BCUT2D eigenvalue weighted by molar-refractivity contribution is 9.10. The number of halogens is 2. The summed E-state index contributed by atoms with van der Waals surface area (Å²) >= 11 is 9.65. The molecule has 1 fully saturated rings. The van der Waals surface area contributed by atoms with E-state index < -0.39 is 0 Å². The quantitative estimate of drug-likeness (QED) is 0.789. The van der Waals surface area contributed by atoms with Crippen LogP contribution < -0.4 is 10.2 Å². The highest BCUT2D eigenvalue weighted by Gasteiger charge is 2.11. The van der Waals surface area contributed by atoms with Crippen molar-refractivity contribution in [3.05, 3.63) is 57.5 Å². The standard InChI is InChI=1S/C17H18BrClN2/c18-14-4-3-13(17(19)11-14)12-20-15-5-7-16(8-6-15)21-9-1-2-10-21/h3-8,11,20H,1-2,9-10,12H2. The molecule has 0 aromatic heterocycles. The summed E-state index contributed by atoms with van der Waals surface area (Å²) in [4.78, 5) is 2.44. The summed E-state index contributed by atoms with van der Waals surface area (Å²) in [5, 5.41) is 4.20. The Morgan fingerprint density at radius 2 is 1.76 bits per heavy atom. The Morgan fingerprint density at radius 3 is 2.43 bits per heavy atom. The molecule has 2 nitrogen and oxygen atoms in total. The summed E-state index contributed by atoms with van der Waals surface area (Å²) in [5.41, 5.74) is 3.54. The second-order valence-corrected chi connectivity index (χ2v) is 6.65. The summed E-state index contributed by atoms with van der Waals surface area (Å²) in [6.07, 6.45) is 2.62. The Kier molecular flexibility index (Phi) is 4.71. The largest absolute Gasteiger partial charge is 0.381 e. The van der Waals surface area contributed by atoms with Gasteiger partial charge in [-0.25, -0.2) is 0 Å². The zero-order valence-corrected chi connectivity index (χ0v) is 14.1. The van der Waals surface area contributed by atoms with E-state index in [2.05, 4.69) is 50.4 Å². The lowest BCUT2D eigenvalue weighted by molar-refractivity contribution is 0.949. The number of anilines is 2. The van der Waals surface area contributed by atoms with Gasteiger partial charge in [0.1, 0.15) is 0 Å². The van der Waals surface area contributed by atoms with Gasteiger partial charge in [0.2, 0.25) is 0 Å². The minimum absolute atomic E-state index is 0.731. The first-order valence-electron chi connectivity index (χ1n) is 7.25. The van der Waals surface area contributed by atoms with Gasteiger partial charge >= 0.3 is 0 Å². The Hall–Kier alpha value is -1.19. The highest BCUT2D eigenvalue weighted by atomic mass is 79.9. The summed E-state index contributed by atoms with van der Waals surface area (Å²) in [7, 11) is 0. The van der Waals surface area contributed by atoms with Crippen LogP contribution in [0.4, 0.5) is 11.4 Å². The van der Waals surface area contributed by atoms with Crippen LogP contribution in [-0.4, -0.2) is 13.1 Å². The Balaban J connectivity index is 1.62. The molecule has 2 aromatic rings. The number of benzene rings is 2. The van der Waals surface area contributed by atoms with Gasteiger partial charge in [-0.3, -0.25) is 0 Å². The number of nitrogens with zero attached hydrogens (tertiary/aromatic N) is 1. The molecule has 21 heavy (non-hydrogen) atoms. The zero-order valence-electron chi connectivity index (χ0n) is 11.8. The van der Waals surface area contributed by atoms with Gasteiger partial charge in [-0.1, -0.05) is 33.6 Å². The third kappa shape index (κ3) is 3.72. The lowest BCUT2D eigenvalue weighted by atomic mass is 10.2. The summed E-state index contributed by atoms with van der Waals surface area (Å²) in [6, 6.07) is 14.6. The fourth-order valence-electron chi connectivity index (χ4n) is 2.63. The molecule has 1 heterocycles. The van der Waals surface area contributed by atoms with Crippen LogP contribution in [0, 0.1) is 0 Å². The van der Waals surface area contributed by atoms with Crippen molar-refractivity contribution in [2.24, 2.45) is 0 Å². The number of rotatable bonds is 4. The van der Waals surface area contributed by atoms with Crippen molar-refractivity contribution in [2.45, 2.75) is 19.4 Å². The van der Waals surface area contributed by atoms with Gasteiger partial charge in [0.15, 0.2) is 0 Å². The molecule has 0 atom stereocenters. The second kappa shape index (κ2) is 6.71. The molecule has 3 rings (SSSR count).